The number of hydrogen-bond donors (Lipinski definition) is 2. The topological polar surface area (TPSA) is 84.3 Å². The average Bonchev–Trinajstić information content (AvgIpc) is 2.32. The van der Waals surface area contributed by atoms with E-state index in [9.17, 15) is 4.79 Å². The molecule has 1 aromatic heterocycles. The highest BCUT2D eigenvalue weighted by Crippen LogP contribution is 2.11. The summed E-state index contributed by atoms with van der Waals surface area (Å²) in [5.74, 6) is 0.343. The Balaban J connectivity index is 2.26. The number of nitrogens with one attached hydrogen (secondary N) is 1. The highest BCUT2D eigenvalue weighted by Gasteiger charge is 2.01. The molecule has 1 heterocycles. The minimum Gasteiger partial charge on any atom is -0.481 e. The van der Waals surface area contributed by atoms with Crippen molar-refractivity contribution in [2.45, 2.75) is 32.6 Å². The van der Waals surface area contributed by atoms with E-state index in [-0.39, 0.29) is 6.42 Å². The number of aryl methyl sites for hydroxylation is 1. The molecule has 6 nitrogen and oxygen atoms in total. The summed E-state index contributed by atoms with van der Waals surface area (Å²) in [5.41, 5.74) is 0.843. The molecule has 0 aliphatic rings. The van der Waals surface area contributed by atoms with Gasteiger partial charge in [-0.1, -0.05) is 6.42 Å². The molecule has 0 saturated heterocycles. The quantitative estimate of drug-likeness (QED) is 0.688. The van der Waals surface area contributed by atoms with Crippen LogP contribution in [-0.4, -0.2) is 34.7 Å². The molecule has 6 heteroatoms. The molecule has 0 unspecified atom stereocenters. The van der Waals surface area contributed by atoms with Crippen molar-refractivity contribution < 1.29 is 14.6 Å². The molecule has 0 bridgehead atoms. The monoisotopic (exact) mass is 253 g/mol. The number of aliphatic carboxylic acids is 1. The Morgan fingerprint density at radius 2 is 2.17 bits per heavy atom. The predicted molar refractivity (Wildman–Crippen MR) is 67.9 cm³/mol. The number of aromatic nitrogens is 2. The molecule has 0 amide bonds. The minimum absolute atomic E-state index is 0.231. The van der Waals surface area contributed by atoms with Gasteiger partial charge >= 0.3 is 5.97 Å². The van der Waals surface area contributed by atoms with Gasteiger partial charge in [-0.05, 0) is 19.8 Å². The van der Waals surface area contributed by atoms with Crippen LogP contribution in [0.1, 0.15) is 31.4 Å². The van der Waals surface area contributed by atoms with Crippen LogP contribution in [0.2, 0.25) is 0 Å². The van der Waals surface area contributed by atoms with E-state index >= 15 is 0 Å². The summed E-state index contributed by atoms with van der Waals surface area (Å²) in [4.78, 5) is 18.7. The number of anilines is 1. The van der Waals surface area contributed by atoms with Crippen LogP contribution >= 0.6 is 0 Å². The van der Waals surface area contributed by atoms with E-state index in [4.69, 9.17) is 9.84 Å². The number of carboxylic acids is 1. The molecule has 0 radical (unpaired) electrons. The Morgan fingerprint density at radius 3 is 2.83 bits per heavy atom. The minimum atomic E-state index is -0.741. The third kappa shape index (κ3) is 5.47. The van der Waals surface area contributed by atoms with Gasteiger partial charge in [0.15, 0.2) is 0 Å². The smallest absolute Gasteiger partial charge is 0.303 e. The lowest BCUT2D eigenvalue weighted by Gasteiger charge is -2.07. The van der Waals surface area contributed by atoms with Gasteiger partial charge in [-0.2, -0.15) is 4.98 Å². The second-order valence-electron chi connectivity index (χ2n) is 4.01. The fraction of sp³-hybridized carbons (Fsp3) is 0.583. The van der Waals surface area contributed by atoms with E-state index in [0.717, 1.165) is 25.1 Å². The maximum Gasteiger partial charge on any atom is 0.303 e. The standard InChI is InChI=1S/C12H19N3O3/c1-9-8-10(18-2)15-12(14-9)13-7-5-3-4-6-11(16)17/h8H,3-7H2,1-2H3,(H,16,17)(H,13,14,15). The number of carboxylic acid groups (broad SMARTS) is 1. The summed E-state index contributed by atoms with van der Waals surface area (Å²) in [6.07, 6.45) is 2.71. The Morgan fingerprint density at radius 1 is 1.39 bits per heavy atom. The molecule has 2 N–H and O–H groups in total. The van der Waals surface area contributed by atoms with Crippen LogP contribution < -0.4 is 10.1 Å². The lowest BCUT2D eigenvalue weighted by Crippen LogP contribution is -2.07. The highest BCUT2D eigenvalue weighted by molar-refractivity contribution is 5.66. The maximum atomic E-state index is 10.3. The van der Waals surface area contributed by atoms with Crippen molar-refractivity contribution in [3.05, 3.63) is 11.8 Å². The fourth-order valence-electron chi connectivity index (χ4n) is 1.50. The van der Waals surface area contributed by atoms with E-state index in [0.29, 0.717) is 18.2 Å². The number of ether oxygens (including phenoxy) is 1. The number of nitrogens with zero attached hydrogens (tertiary/aromatic N) is 2. The molecule has 100 valence electrons. The number of carbonyl (C=O) groups is 1. The number of unbranched alkanes of at least 4 members (excludes halogenated alkanes) is 2. The van der Waals surface area contributed by atoms with Gasteiger partial charge in [-0.15, -0.1) is 0 Å². The van der Waals surface area contributed by atoms with E-state index in [1.165, 1.54) is 0 Å². The third-order valence-electron chi connectivity index (χ3n) is 2.39. The van der Waals surface area contributed by atoms with Gasteiger partial charge in [-0.25, -0.2) is 4.98 Å². The van der Waals surface area contributed by atoms with Gasteiger partial charge in [0.1, 0.15) is 0 Å². The molecule has 0 saturated carbocycles. The number of methoxy groups -OCH3 is 1. The van der Waals surface area contributed by atoms with E-state index < -0.39 is 5.97 Å². The van der Waals surface area contributed by atoms with Crippen molar-refractivity contribution in [3.63, 3.8) is 0 Å². The first-order valence-electron chi connectivity index (χ1n) is 5.97. The van der Waals surface area contributed by atoms with Crippen molar-refractivity contribution in [3.8, 4) is 5.88 Å². The molecule has 0 aliphatic heterocycles. The van der Waals surface area contributed by atoms with Crippen LogP contribution in [0.25, 0.3) is 0 Å². The molecule has 0 aromatic carbocycles. The van der Waals surface area contributed by atoms with Gasteiger partial charge in [0.25, 0.3) is 0 Å². The average molecular weight is 253 g/mol. The Labute approximate surface area is 106 Å². The fourth-order valence-corrected chi connectivity index (χ4v) is 1.50. The van der Waals surface area contributed by atoms with Crippen LogP contribution in [0.5, 0.6) is 5.88 Å². The lowest BCUT2D eigenvalue weighted by atomic mass is 10.2. The molecule has 0 aliphatic carbocycles. The second kappa shape index (κ2) is 7.47. The maximum absolute atomic E-state index is 10.3. The van der Waals surface area contributed by atoms with Gasteiger partial charge in [0.2, 0.25) is 11.8 Å². The molecule has 18 heavy (non-hydrogen) atoms. The number of hydrogen-bond acceptors (Lipinski definition) is 5. The molecule has 1 aromatic rings. The normalized spacial score (nSPS) is 10.1. The third-order valence-corrected chi connectivity index (χ3v) is 2.39. The van der Waals surface area contributed by atoms with Crippen LogP contribution in [0.4, 0.5) is 5.95 Å². The first kappa shape index (κ1) is 14.2. The van der Waals surface area contributed by atoms with E-state index in [1.54, 1.807) is 13.2 Å². The zero-order valence-electron chi connectivity index (χ0n) is 10.8. The molecule has 0 spiro atoms. The largest absolute Gasteiger partial charge is 0.481 e. The second-order valence-corrected chi connectivity index (χ2v) is 4.01. The van der Waals surface area contributed by atoms with Crippen molar-refractivity contribution in [2.75, 3.05) is 19.0 Å². The Kier molecular flexibility index (Phi) is 5.90. The summed E-state index contributed by atoms with van der Waals surface area (Å²) in [6, 6.07) is 1.76. The van der Waals surface area contributed by atoms with E-state index in [1.807, 2.05) is 6.92 Å². The SMILES string of the molecule is COc1cc(C)nc(NCCCCCC(=O)O)n1. The summed E-state index contributed by atoms with van der Waals surface area (Å²) < 4.78 is 5.05. The molecular weight excluding hydrogens is 234 g/mol. The highest BCUT2D eigenvalue weighted by atomic mass is 16.5. The van der Waals surface area contributed by atoms with Gasteiger partial charge in [0, 0.05) is 24.7 Å². The van der Waals surface area contributed by atoms with Gasteiger partial charge in [0.05, 0.1) is 7.11 Å². The summed E-state index contributed by atoms with van der Waals surface area (Å²) in [6.45, 7) is 2.61. The summed E-state index contributed by atoms with van der Waals surface area (Å²) in [5, 5.41) is 11.6. The summed E-state index contributed by atoms with van der Waals surface area (Å²) >= 11 is 0. The van der Waals surface area contributed by atoms with Crippen molar-refractivity contribution in [2.24, 2.45) is 0 Å². The zero-order chi connectivity index (χ0) is 13.4. The first-order chi connectivity index (χ1) is 8.61. The first-order valence-corrected chi connectivity index (χ1v) is 5.97. The van der Waals surface area contributed by atoms with Crippen LogP contribution in [0.15, 0.2) is 6.07 Å². The Bertz CT molecular complexity index is 396. The zero-order valence-corrected chi connectivity index (χ0v) is 10.8. The molecular formula is C12H19N3O3. The molecule has 0 atom stereocenters. The van der Waals surface area contributed by atoms with Crippen molar-refractivity contribution in [1.29, 1.82) is 0 Å². The van der Waals surface area contributed by atoms with Gasteiger partial charge in [-0.3, -0.25) is 4.79 Å². The predicted octanol–water partition coefficient (Wildman–Crippen LogP) is 1.85. The van der Waals surface area contributed by atoms with Crippen molar-refractivity contribution >= 4 is 11.9 Å². The summed E-state index contributed by atoms with van der Waals surface area (Å²) in [7, 11) is 1.57. The van der Waals surface area contributed by atoms with Crippen LogP contribution in [0, 0.1) is 6.92 Å². The van der Waals surface area contributed by atoms with Crippen molar-refractivity contribution in [1.82, 2.24) is 9.97 Å². The number of rotatable bonds is 8. The van der Waals surface area contributed by atoms with Crippen LogP contribution in [-0.2, 0) is 4.79 Å². The Hall–Kier alpha value is -1.85. The van der Waals surface area contributed by atoms with Crippen LogP contribution in [0.3, 0.4) is 0 Å². The lowest BCUT2D eigenvalue weighted by molar-refractivity contribution is -0.137. The molecule has 0 fully saturated rings. The van der Waals surface area contributed by atoms with Gasteiger partial charge < -0.3 is 15.2 Å². The van der Waals surface area contributed by atoms with E-state index in [2.05, 4.69) is 15.3 Å². The molecule has 1 rings (SSSR count).